The zero-order valence-corrected chi connectivity index (χ0v) is 13.0. The van der Waals surface area contributed by atoms with Gasteiger partial charge in [0.05, 0.1) is 0 Å². The Labute approximate surface area is 130 Å². The van der Waals surface area contributed by atoms with E-state index in [2.05, 4.69) is 6.92 Å². The summed E-state index contributed by atoms with van der Waals surface area (Å²) in [6.45, 7) is 2.09. The minimum atomic E-state index is -0.0576. The summed E-state index contributed by atoms with van der Waals surface area (Å²) in [6, 6.07) is 15.0. The van der Waals surface area contributed by atoms with Gasteiger partial charge in [0.2, 0.25) is 0 Å². The fraction of sp³-hybridized carbons (Fsp3) is 0.176. The molecule has 0 aliphatic rings. The van der Waals surface area contributed by atoms with Gasteiger partial charge in [-0.2, -0.15) is 0 Å². The molecule has 3 nitrogen and oxygen atoms in total. The molecule has 0 spiro atoms. The first-order chi connectivity index (χ1) is 10.0. The molecule has 0 radical (unpaired) electrons. The zero-order valence-electron chi connectivity index (χ0n) is 12.2. The van der Waals surface area contributed by atoms with Gasteiger partial charge in [0.25, 0.3) is 5.91 Å². The maximum atomic E-state index is 12.5. The first kappa shape index (κ1) is 15.2. The van der Waals surface area contributed by atoms with E-state index in [1.165, 1.54) is 5.56 Å². The smallest absolute Gasteiger partial charge is 0.258 e. The highest BCUT2D eigenvalue weighted by Gasteiger charge is 2.13. The van der Waals surface area contributed by atoms with Crippen molar-refractivity contribution in [2.24, 2.45) is 5.73 Å². The van der Waals surface area contributed by atoms with Crippen molar-refractivity contribution in [2.45, 2.75) is 13.3 Å². The second-order valence-electron chi connectivity index (χ2n) is 4.83. The van der Waals surface area contributed by atoms with E-state index in [1.807, 2.05) is 48.5 Å². The molecule has 2 rings (SSSR count). The molecule has 0 fully saturated rings. The van der Waals surface area contributed by atoms with E-state index in [9.17, 15) is 4.79 Å². The standard InChI is InChI=1S/C17H18N2OS/c1-3-12-7-9-13(10-8-12)17(20)19(2)15-6-4-5-14(11-15)16(18)21/h4-11H,3H2,1-2H3,(H2,18,21). The molecule has 2 aromatic rings. The molecule has 4 heteroatoms. The Bertz CT molecular complexity index is 665. The number of rotatable bonds is 4. The molecule has 108 valence electrons. The van der Waals surface area contributed by atoms with Gasteiger partial charge in [-0.25, -0.2) is 0 Å². The van der Waals surface area contributed by atoms with E-state index < -0.39 is 0 Å². The van der Waals surface area contributed by atoms with Gasteiger partial charge in [0.15, 0.2) is 0 Å². The lowest BCUT2D eigenvalue weighted by molar-refractivity contribution is 0.0993. The van der Waals surface area contributed by atoms with Crippen LogP contribution in [0.3, 0.4) is 0 Å². The van der Waals surface area contributed by atoms with E-state index in [0.717, 1.165) is 17.7 Å². The Morgan fingerprint density at radius 1 is 1.14 bits per heavy atom. The Hall–Kier alpha value is -2.20. The van der Waals surface area contributed by atoms with Gasteiger partial charge in [0, 0.05) is 23.9 Å². The average Bonchev–Trinajstić information content (AvgIpc) is 2.53. The van der Waals surface area contributed by atoms with Crippen LogP contribution in [0.2, 0.25) is 0 Å². The summed E-state index contributed by atoms with van der Waals surface area (Å²) in [4.78, 5) is 14.4. The second kappa shape index (κ2) is 6.50. The van der Waals surface area contributed by atoms with Crippen LogP contribution >= 0.6 is 12.2 Å². The van der Waals surface area contributed by atoms with Crippen molar-refractivity contribution in [1.82, 2.24) is 0 Å². The summed E-state index contributed by atoms with van der Waals surface area (Å²) in [7, 11) is 1.74. The molecule has 0 aliphatic carbocycles. The van der Waals surface area contributed by atoms with Crippen molar-refractivity contribution in [3.63, 3.8) is 0 Å². The van der Waals surface area contributed by atoms with Gasteiger partial charge in [-0.05, 0) is 36.2 Å². The van der Waals surface area contributed by atoms with E-state index in [-0.39, 0.29) is 5.91 Å². The number of hydrogen-bond donors (Lipinski definition) is 1. The predicted octanol–water partition coefficient (Wildman–Crippen LogP) is 3.16. The number of benzene rings is 2. The SMILES string of the molecule is CCc1ccc(C(=O)N(C)c2cccc(C(N)=S)c2)cc1. The number of anilines is 1. The maximum Gasteiger partial charge on any atom is 0.258 e. The molecule has 0 aliphatic heterocycles. The average molecular weight is 298 g/mol. The fourth-order valence-electron chi connectivity index (χ4n) is 2.06. The number of nitrogens with two attached hydrogens (primary N) is 1. The van der Waals surface area contributed by atoms with Crippen LogP contribution < -0.4 is 10.6 Å². The molecule has 2 aromatic carbocycles. The van der Waals surface area contributed by atoms with Crippen LogP contribution in [0.15, 0.2) is 48.5 Å². The molecular formula is C17H18N2OS. The lowest BCUT2D eigenvalue weighted by atomic mass is 10.1. The number of thiocarbonyl (C=S) groups is 1. The third-order valence-electron chi connectivity index (χ3n) is 3.43. The summed E-state index contributed by atoms with van der Waals surface area (Å²) in [5, 5.41) is 0. The molecule has 0 aromatic heterocycles. The van der Waals surface area contributed by atoms with Crippen LogP contribution in [0.4, 0.5) is 5.69 Å². The van der Waals surface area contributed by atoms with Gasteiger partial charge in [-0.1, -0.05) is 43.4 Å². The van der Waals surface area contributed by atoms with Crippen LogP contribution in [0.5, 0.6) is 0 Å². The van der Waals surface area contributed by atoms with Crippen LogP contribution in [-0.2, 0) is 6.42 Å². The monoisotopic (exact) mass is 298 g/mol. The highest BCUT2D eigenvalue weighted by atomic mass is 32.1. The van der Waals surface area contributed by atoms with Gasteiger partial charge in [-0.3, -0.25) is 4.79 Å². The van der Waals surface area contributed by atoms with Crippen molar-refractivity contribution >= 4 is 28.8 Å². The van der Waals surface area contributed by atoms with Gasteiger partial charge >= 0.3 is 0 Å². The van der Waals surface area contributed by atoms with Gasteiger partial charge in [-0.15, -0.1) is 0 Å². The number of nitrogens with zero attached hydrogens (tertiary/aromatic N) is 1. The summed E-state index contributed by atoms with van der Waals surface area (Å²) in [5.74, 6) is -0.0576. The van der Waals surface area contributed by atoms with Crippen molar-refractivity contribution < 1.29 is 4.79 Å². The molecule has 1 amide bonds. The van der Waals surface area contributed by atoms with Crippen LogP contribution in [-0.4, -0.2) is 17.9 Å². The van der Waals surface area contributed by atoms with E-state index in [1.54, 1.807) is 11.9 Å². The number of hydrogen-bond acceptors (Lipinski definition) is 2. The quantitative estimate of drug-likeness (QED) is 0.882. The molecule has 0 saturated heterocycles. The van der Waals surface area contributed by atoms with Crippen molar-refractivity contribution in [3.05, 3.63) is 65.2 Å². The third kappa shape index (κ3) is 3.47. The first-order valence-corrected chi connectivity index (χ1v) is 7.20. The molecular weight excluding hydrogens is 280 g/mol. The molecule has 2 N–H and O–H groups in total. The minimum Gasteiger partial charge on any atom is -0.389 e. The number of aryl methyl sites for hydroxylation is 1. The molecule has 0 saturated carbocycles. The molecule has 0 atom stereocenters. The van der Waals surface area contributed by atoms with E-state index in [0.29, 0.717) is 10.6 Å². The Morgan fingerprint density at radius 2 is 1.81 bits per heavy atom. The Balaban J connectivity index is 2.25. The Morgan fingerprint density at radius 3 is 2.38 bits per heavy atom. The summed E-state index contributed by atoms with van der Waals surface area (Å²) >= 11 is 4.97. The van der Waals surface area contributed by atoms with Crippen LogP contribution in [0.1, 0.15) is 28.4 Å². The first-order valence-electron chi connectivity index (χ1n) is 6.79. The highest BCUT2D eigenvalue weighted by molar-refractivity contribution is 7.80. The third-order valence-corrected chi connectivity index (χ3v) is 3.67. The van der Waals surface area contributed by atoms with Crippen LogP contribution in [0, 0.1) is 0 Å². The van der Waals surface area contributed by atoms with Crippen LogP contribution in [0.25, 0.3) is 0 Å². The minimum absolute atomic E-state index is 0.0576. The number of carbonyl (C=O) groups is 1. The predicted molar refractivity (Wildman–Crippen MR) is 90.9 cm³/mol. The van der Waals surface area contributed by atoms with Crippen molar-refractivity contribution in [3.8, 4) is 0 Å². The molecule has 0 bridgehead atoms. The van der Waals surface area contributed by atoms with Gasteiger partial charge < -0.3 is 10.6 Å². The lowest BCUT2D eigenvalue weighted by Crippen LogP contribution is -2.26. The summed E-state index contributed by atoms with van der Waals surface area (Å²) in [6.07, 6.45) is 0.959. The maximum absolute atomic E-state index is 12.5. The van der Waals surface area contributed by atoms with E-state index >= 15 is 0 Å². The second-order valence-corrected chi connectivity index (χ2v) is 5.27. The Kier molecular flexibility index (Phi) is 4.70. The lowest BCUT2D eigenvalue weighted by Gasteiger charge is -2.18. The van der Waals surface area contributed by atoms with Gasteiger partial charge in [0.1, 0.15) is 4.99 Å². The van der Waals surface area contributed by atoms with E-state index in [4.69, 9.17) is 18.0 Å². The molecule has 0 heterocycles. The highest BCUT2D eigenvalue weighted by Crippen LogP contribution is 2.18. The number of carbonyl (C=O) groups excluding carboxylic acids is 1. The topological polar surface area (TPSA) is 46.3 Å². The molecule has 21 heavy (non-hydrogen) atoms. The summed E-state index contributed by atoms with van der Waals surface area (Å²) in [5.41, 5.74) is 9.03. The van der Waals surface area contributed by atoms with Crippen molar-refractivity contribution in [2.75, 3.05) is 11.9 Å². The normalized spacial score (nSPS) is 10.2. The fourth-order valence-corrected chi connectivity index (χ4v) is 2.19. The molecule has 0 unspecified atom stereocenters. The number of amides is 1. The largest absolute Gasteiger partial charge is 0.389 e. The van der Waals surface area contributed by atoms with Crippen molar-refractivity contribution in [1.29, 1.82) is 0 Å². The summed E-state index contributed by atoms with van der Waals surface area (Å²) < 4.78 is 0. The zero-order chi connectivity index (χ0) is 15.4.